The zero-order valence-electron chi connectivity index (χ0n) is 9.41. The summed E-state index contributed by atoms with van der Waals surface area (Å²) < 4.78 is 40.9. The van der Waals surface area contributed by atoms with Gasteiger partial charge in [-0.15, -0.1) is 0 Å². The standard InChI is InChI=1S/C8H8ClN3O4S3/c1-12-8(17)11-5-2-4(9)6(18(13)16-10)3-7(5)19(12,14)15/h2-3H,10H2,1H3,(H,11,17). The van der Waals surface area contributed by atoms with Crippen LogP contribution in [-0.4, -0.2) is 29.1 Å². The molecule has 1 aromatic rings. The van der Waals surface area contributed by atoms with Crippen LogP contribution in [0.2, 0.25) is 5.02 Å². The highest BCUT2D eigenvalue weighted by Crippen LogP contribution is 2.35. The number of anilines is 1. The third-order valence-electron chi connectivity index (χ3n) is 2.47. The van der Waals surface area contributed by atoms with Crippen LogP contribution in [0.4, 0.5) is 5.69 Å². The van der Waals surface area contributed by atoms with Gasteiger partial charge in [0, 0.05) is 7.05 Å². The maximum atomic E-state index is 12.2. The fourth-order valence-corrected chi connectivity index (χ4v) is 4.06. The maximum Gasteiger partial charge on any atom is 0.267 e. The summed E-state index contributed by atoms with van der Waals surface area (Å²) in [5.41, 5.74) is 0.214. The van der Waals surface area contributed by atoms with E-state index in [0.29, 0.717) is 0 Å². The van der Waals surface area contributed by atoms with E-state index in [4.69, 9.17) is 29.7 Å². The van der Waals surface area contributed by atoms with Gasteiger partial charge in [0.15, 0.2) is 5.11 Å². The van der Waals surface area contributed by atoms with Crippen molar-refractivity contribution in [2.24, 2.45) is 5.90 Å². The van der Waals surface area contributed by atoms with E-state index in [0.717, 1.165) is 10.4 Å². The van der Waals surface area contributed by atoms with Gasteiger partial charge in [-0.1, -0.05) is 11.6 Å². The molecule has 1 unspecified atom stereocenters. The SMILES string of the molecule is CN1C(=S)Nc2cc(Cl)c(S(=O)ON)cc2S1(=O)=O. The van der Waals surface area contributed by atoms with Gasteiger partial charge >= 0.3 is 0 Å². The average Bonchev–Trinajstić information content (AvgIpc) is 2.35. The molecule has 0 amide bonds. The van der Waals surface area contributed by atoms with Crippen molar-refractivity contribution in [3.05, 3.63) is 17.2 Å². The summed E-state index contributed by atoms with van der Waals surface area (Å²) >= 11 is 8.73. The van der Waals surface area contributed by atoms with Crippen molar-refractivity contribution in [3.8, 4) is 0 Å². The van der Waals surface area contributed by atoms with E-state index in [2.05, 4.69) is 9.60 Å². The van der Waals surface area contributed by atoms with Crippen LogP contribution < -0.4 is 11.2 Å². The molecular formula is C8H8ClN3O4S3. The summed E-state index contributed by atoms with van der Waals surface area (Å²) in [5.74, 6) is 4.81. The monoisotopic (exact) mass is 341 g/mol. The van der Waals surface area contributed by atoms with Crippen molar-refractivity contribution in [3.63, 3.8) is 0 Å². The van der Waals surface area contributed by atoms with E-state index in [-0.39, 0.29) is 25.6 Å². The van der Waals surface area contributed by atoms with Gasteiger partial charge < -0.3 is 5.32 Å². The lowest BCUT2D eigenvalue weighted by molar-refractivity contribution is 0.367. The third kappa shape index (κ3) is 2.35. The number of rotatable bonds is 2. The molecule has 104 valence electrons. The Bertz CT molecular complexity index is 691. The van der Waals surface area contributed by atoms with Gasteiger partial charge in [-0.25, -0.2) is 16.9 Å². The first-order valence-corrected chi connectivity index (χ1v) is 8.01. The van der Waals surface area contributed by atoms with Crippen LogP contribution in [0.3, 0.4) is 0 Å². The number of nitrogens with one attached hydrogen (secondary N) is 1. The number of nitrogens with two attached hydrogens (primary N) is 1. The molecule has 0 fully saturated rings. The van der Waals surface area contributed by atoms with Crippen LogP contribution in [0.5, 0.6) is 0 Å². The number of halogens is 1. The first-order chi connectivity index (χ1) is 8.78. The zero-order chi connectivity index (χ0) is 14.4. The topological polar surface area (TPSA) is 102 Å². The van der Waals surface area contributed by atoms with E-state index >= 15 is 0 Å². The van der Waals surface area contributed by atoms with Gasteiger partial charge in [0.1, 0.15) is 4.90 Å². The molecule has 0 bridgehead atoms. The summed E-state index contributed by atoms with van der Waals surface area (Å²) in [6.07, 6.45) is 0. The zero-order valence-corrected chi connectivity index (χ0v) is 12.6. The maximum absolute atomic E-state index is 12.2. The molecule has 2 rings (SSSR count). The molecule has 19 heavy (non-hydrogen) atoms. The van der Waals surface area contributed by atoms with Crippen LogP contribution in [-0.2, 0) is 25.4 Å². The second kappa shape index (κ2) is 4.96. The van der Waals surface area contributed by atoms with Crippen LogP contribution in [0, 0.1) is 0 Å². The number of benzene rings is 1. The van der Waals surface area contributed by atoms with E-state index in [1.165, 1.54) is 13.1 Å². The first kappa shape index (κ1) is 14.6. The molecule has 1 aliphatic heterocycles. The molecule has 1 atom stereocenters. The Kier molecular flexibility index (Phi) is 3.82. The molecule has 0 saturated carbocycles. The Morgan fingerprint density at radius 2 is 2.16 bits per heavy atom. The predicted octanol–water partition coefficient (Wildman–Crippen LogP) is 0.584. The van der Waals surface area contributed by atoms with Gasteiger partial charge in [-0.2, -0.15) is 10.2 Å². The van der Waals surface area contributed by atoms with Crippen LogP contribution in [0.1, 0.15) is 0 Å². The predicted molar refractivity (Wildman–Crippen MR) is 74.3 cm³/mol. The second-order valence-corrected chi connectivity index (χ2v) is 7.35. The smallest absolute Gasteiger partial charge is 0.267 e. The lowest BCUT2D eigenvalue weighted by Gasteiger charge is -2.28. The lowest BCUT2D eigenvalue weighted by Crippen LogP contribution is -2.40. The summed E-state index contributed by atoms with van der Waals surface area (Å²) in [5, 5.41) is 2.79. The van der Waals surface area contributed by atoms with E-state index in [1.54, 1.807) is 0 Å². The van der Waals surface area contributed by atoms with Crippen molar-refractivity contribution in [1.82, 2.24) is 4.31 Å². The van der Waals surface area contributed by atoms with E-state index in [9.17, 15) is 12.6 Å². The van der Waals surface area contributed by atoms with Crippen molar-refractivity contribution in [2.45, 2.75) is 9.79 Å². The normalized spacial score (nSPS) is 18.7. The summed E-state index contributed by atoms with van der Waals surface area (Å²) in [4.78, 5) is -0.136. The molecule has 3 N–H and O–H groups in total. The van der Waals surface area contributed by atoms with Gasteiger partial charge in [0.05, 0.1) is 15.6 Å². The van der Waals surface area contributed by atoms with Gasteiger partial charge in [0.2, 0.25) is 11.1 Å². The fraction of sp³-hybridized carbons (Fsp3) is 0.125. The van der Waals surface area contributed by atoms with Crippen LogP contribution in [0.25, 0.3) is 0 Å². The highest BCUT2D eigenvalue weighted by molar-refractivity contribution is 7.92. The minimum Gasteiger partial charge on any atom is -0.331 e. The van der Waals surface area contributed by atoms with Crippen molar-refractivity contribution in [2.75, 3.05) is 12.4 Å². The molecule has 1 aliphatic rings. The molecule has 0 aliphatic carbocycles. The molecule has 1 heterocycles. The van der Waals surface area contributed by atoms with Crippen molar-refractivity contribution >= 4 is 55.7 Å². The Hall–Kier alpha value is -0.780. The number of hydrogen-bond donors (Lipinski definition) is 2. The van der Waals surface area contributed by atoms with E-state index < -0.39 is 21.1 Å². The average molecular weight is 342 g/mol. The molecule has 7 nitrogen and oxygen atoms in total. The summed E-state index contributed by atoms with van der Waals surface area (Å²) in [7, 11) is -2.51. The number of nitrogens with zero attached hydrogens (tertiary/aromatic N) is 1. The fourth-order valence-electron chi connectivity index (χ4n) is 1.48. The van der Waals surface area contributed by atoms with Gasteiger partial charge in [-0.3, -0.25) is 0 Å². The summed E-state index contributed by atoms with van der Waals surface area (Å²) in [6.45, 7) is 0. The number of thiocarbonyl (C=S) groups is 1. The minimum absolute atomic E-state index is 0.0208. The highest BCUT2D eigenvalue weighted by atomic mass is 35.5. The Balaban J connectivity index is 2.72. The van der Waals surface area contributed by atoms with Gasteiger partial charge in [-0.05, 0) is 24.4 Å². The quantitative estimate of drug-likeness (QED) is 0.599. The second-order valence-electron chi connectivity index (χ2n) is 3.51. The van der Waals surface area contributed by atoms with Crippen molar-refractivity contribution in [1.29, 1.82) is 0 Å². The first-order valence-electron chi connectivity index (χ1n) is 4.71. The van der Waals surface area contributed by atoms with Crippen LogP contribution >= 0.6 is 23.8 Å². The molecule has 1 aromatic carbocycles. The van der Waals surface area contributed by atoms with E-state index in [1.807, 2.05) is 0 Å². The lowest BCUT2D eigenvalue weighted by atomic mass is 10.3. The minimum atomic E-state index is -3.81. The van der Waals surface area contributed by atoms with Gasteiger partial charge in [0.25, 0.3) is 10.0 Å². The Labute approximate surface area is 122 Å². The van der Waals surface area contributed by atoms with Crippen LogP contribution in [0.15, 0.2) is 21.9 Å². The molecule has 11 heteroatoms. The van der Waals surface area contributed by atoms with Crippen molar-refractivity contribution < 1.29 is 16.9 Å². The summed E-state index contributed by atoms with van der Waals surface area (Å²) in [6, 6.07) is 2.45. The highest BCUT2D eigenvalue weighted by Gasteiger charge is 2.33. The molecule has 0 aromatic heterocycles. The molecule has 0 saturated heterocycles. The molecule has 0 spiro atoms. The molecule has 0 radical (unpaired) electrons. The third-order valence-corrected chi connectivity index (χ3v) is 6.05. The Morgan fingerprint density at radius 3 is 2.74 bits per heavy atom. The largest absolute Gasteiger partial charge is 0.331 e. The molecular weight excluding hydrogens is 334 g/mol. The number of hydrogen-bond acceptors (Lipinski definition) is 6. The number of fused-ring (bicyclic) bond motifs is 1. The number of sulfonamides is 1. The Morgan fingerprint density at radius 1 is 1.53 bits per heavy atom.